The lowest BCUT2D eigenvalue weighted by atomic mass is 10.0. The highest BCUT2D eigenvalue weighted by Gasteiger charge is 2.30. The molecule has 2 heterocycles. The average Bonchev–Trinajstić information content (AvgIpc) is 2.86. The van der Waals surface area contributed by atoms with Crippen LogP contribution < -0.4 is 5.32 Å². The van der Waals surface area contributed by atoms with Crippen molar-refractivity contribution in [3.63, 3.8) is 0 Å². The van der Waals surface area contributed by atoms with Crippen LogP contribution in [0.1, 0.15) is 18.4 Å². The Hall–Kier alpha value is -1.73. The highest BCUT2D eigenvalue weighted by molar-refractivity contribution is 7.89. The summed E-state index contributed by atoms with van der Waals surface area (Å²) in [7, 11) is -3.55. The number of nitrogens with zero attached hydrogens (tertiary/aromatic N) is 1. The summed E-state index contributed by atoms with van der Waals surface area (Å²) in [5, 5.41) is 2.68. The number of anilines is 1. The van der Waals surface area contributed by atoms with E-state index in [2.05, 4.69) is 5.32 Å². The first-order chi connectivity index (χ1) is 10.0. The minimum atomic E-state index is -3.55. The Kier molecular flexibility index (Phi) is 3.54. The summed E-state index contributed by atoms with van der Waals surface area (Å²) in [4.78, 5) is 22.3. The fourth-order valence-electron chi connectivity index (χ4n) is 2.77. The van der Waals surface area contributed by atoms with Crippen LogP contribution in [0, 0.1) is 5.92 Å². The van der Waals surface area contributed by atoms with Crippen molar-refractivity contribution in [2.24, 2.45) is 5.92 Å². The SMILES string of the molecule is O=CC1CCN(S(=O)(=O)c2ccc3c(c2)CC(=O)N3)CC1. The van der Waals surface area contributed by atoms with Crippen LogP contribution in [-0.4, -0.2) is 38.0 Å². The molecule has 21 heavy (non-hydrogen) atoms. The van der Waals surface area contributed by atoms with E-state index in [9.17, 15) is 18.0 Å². The zero-order valence-corrected chi connectivity index (χ0v) is 12.2. The zero-order valence-electron chi connectivity index (χ0n) is 11.4. The molecule has 1 saturated heterocycles. The van der Waals surface area contributed by atoms with Gasteiger partial charge in [-0.15, -0.1) is 0 Å². The van der Waals surface area contributed by atoms with Crippen molar-refractivity contribution in [3.05, 3.63) is 23.8 Å². The van der Waals surface area contributed by atoms with Crippen LogP contribution in [0.25, 0.3) is 0 Å². The number of benzene rings is 1. The van der Waals surface area contributed by atoms with Crippen molar-refractivity contribution in [1.29, 1.82) is 0 Å². The molecule has 1 fully saturated rings. The van der Waals surface area contributed by atoms with Crippen LogP contribution in [-0.2, 0) is 26.0 Å². The lowest BCUT2D eigenvalue weighted by Gasteiger charge is -2.28. The van der Waals surface area contributed by atoms with Crippen molar-refractivity contribution in [1.82, 2.24) is 4.31 Å². The van der Waals surface area contributed by atoms with Crippen molar-refractivity contribution in [2.45, 2.75) is 24.2 Å². The Bertz CT molecular complexity index is 691. The molecule has 0 aromatic heterocycles. The van der Waals surface area contributed by atoms with E-state index >= 15 is 0 Å². The van der Waals surface area contributed by atoms with Gasteiger partial charge in [0, 0.05) is 24.7 Å². The maximum absolute atomic E-state index is 12.6. The van der Waals surface area contributed by atoms with Gasteiger partial charge in [-0.25, -0.2) is 8.42 Å². The first-order valence-corrected chi connectivity index (χ1v) is 8.33. The first kappa shape index (κ1) is 14.2. The third kappa shape index (κ3) is 2.58. The number of sulfonamides is 1. The molecule has 1 aromatic carbocycles. The van der Waals surface area contributed by atoms with Gasteiger partial charge in [-0.2, -0.15) is 4.31 Å². The van der Waals surface area contributed by atoms with Crippen molar-refractivity contribution in [2.75, 3.05) is 18.4 Å². The van der Waals surface area contributed by atoms with Gasteiger partial charge in [-0.05, 0) is 36.6 Å². The molecule has 0 atom stereocenters. The number of piperidine rings is 1. The number of carbonyl (C=O) groups excluding carboxylic acids is 2. The maximum Gasteiger partial charge on any atom is 0.243 e. The summed E-state index contributed by atoms with van der Waals surface area (Å²) in [5.74, 6) is -0.162. The standard InChI is InChI=1S/C14H16N2O4S/c17-9-10-3-5-16(6-4-10)21(19,20)12-1-2-13-11(7-12)8-14(18)15-13/h1-2,7,9-10H,3-6,8H2,(H,15,18). The fourth-order valence-corrected chi connectivity index (χ4v) is 4.29. The topological polar surface area (TPSA) is 83.6 Å². The second-order valence-corrected chi connectivity index (χ2v) is 7.36. The Labute approximate surface area is 123 Å². The maximum atomic E-state index is 12.6. The average molecular weight is 308 g/mol. The van der Waals surface area contributed by atoms with Gasteiger partial charge in [0.1, 0.15) is 6.29 Å². The Morgan fingerprint density at radius 3 is 2.62 bits per heavy atom. The summed E-state index contributed by atoms with van der Waals surface area (Å²) < 4.78 is 26.6. The highest BCUT2D eigenvalue weighted by Crippen LogP contribution is 2.28. The molecule has 1 aromatic rings. The van der Waals surface area contributed by atoms with Gasteiger partial charge in [-0.3, -0.25) is 4.79 Å². The minimum absolute atomic E-state index is 0.0432. The van der Waals surface area contributed by atoms with Crippen LogP contribution in [0.15, 0.2) is 23.1 Å². The summed E-state index contributed by atoms with van der Waals surface area (Å²) in [5.41, 5.74) is 1.39. The highest BCUT2D eigenvalue weighted by atomic mass is 32.2. The number of rotatable bonds is 3. The van der Waals surface area contributed by atoms with Crippen molar-refractivity contribution in [3.8, 4) is 0 Å². The van der Waals surface area contributed by atoms with Crippen LogP contribution in [0.2, 0.25) is 0 Å². The van der Waals surface area contributed by atoms with Crippen molar-refractivity contribution < 1.29 is 18.0 Å². The summed E-state index contributed by atoms with van der Waals surface area (Å²) >= 11 is 0. The minimum Gasteiger partial charge on any atom is -0.326 e. The number of amides is 1. The van der Waals surface area contributed by atoms with Gasteiger partial charge in [0.05, 0.1) is 11.3 Å². The number of hydrogen-bond donors (Lipinski definition) is 1. The molecule has 7 heteroatoms. The van der Waals surface area contributed by atoms with E-state index in [-0.39, 0.29) is 23.1 Å². The molecule has 0 bridgehead atoms. The van der Waals surface area contributed by atoms with Crippen LogP contribution in [0.4, 0.5) is 5.69 Å². The van der Waals surface area contributed by atoms with Crippen molar-refractivity contribution >= 4 is 27.9 Å². The molecule has 0 unspecified atom stereocenters. The summed E-state index contributed by atoms with van der Waals surface area (Å²) in [6.45, 7) is 0.722. The van der Waals surface area contributed by atoms with Gasteiger partial charge in [0.25, 0.3) is 0 Å². The molecule has 2 aliphatic heterocycles. The lowest BCUT2D eigenvalue weighted by molar-refractivity contribution is -0.115. The van der Waals surface area contributed by atoms with E-state index in [4.69, 9.17) is 0 Å². The smallest absolute Gasteiger partial charge is 0.243 e. The van der Waals surface area contributed by atoms with Gasteiger partial charge in [0.2, 0.25) is 15.9 Å². The third-order valence-corrected chi connectivity index (χ3v) is 5.93. The molecule has 3 rings (SSSR count). The quantitative estimate of drug-likeness (QED) is 0.836. The molecule has 6 nitrogen and oxygen atoms in total. The van der Waals surface area contributed by atoms with Gasteiger partial charge in [-0.1, -0.05) is 0 Å². The molecule has 0 saturated carbocycles. The third-order valence-electron chi connectivity index (χ3n) is 4.03. The number of nitrogens with one attached hydrogen (secondary N) is 1. The number of carbonyl (C=O) groups is 2. The van der Waals surface area contributed by atoms with E-state index < -0.39 is 10.0 Å². The van der Waals surface area contributed by atoms with Crippen LogP contribution >= 0.6 is 0 Å². The molecule has 112 valence electrons. The molecule has 0 radical (unpaired) electrons. The molecule has 0 aliphatic carbocycles. The molecule has 1 N–H and O–H groups in total. The van der Waals surface area contributed by atoms with E-state index in [0.717, 1.165) is 6.29 Å². The van der Waals surface area contributed by atoms with E-state index in [1.807, 2.05) is 0 Å². The van der Waals surface area contributed by atoms with E-state index in [1.165, 1.54) is 10.4 Å². The predicted octanol–water partition coefficient (Wildman–Crippen LogP) is 0.781. The number of fused-ring (bicyclic) bond motifs is 1. The van der Waals surface area contributed by atoms with Gasteiger partial charge in [0.15, 0.2) is 0 Å². The normalized spacial score (nSPS) is 20.1. The van der Waals surface area contributed by atoms with E-state index in [1.54, 1.807) is 12.1 Å². The molecule has 0 spiro atoms. The van der Waals surface area contributed by atoms with Crippen LogP contribution in [0.5, 0.6) is 0 Å². The second kappa shape index (κ2) is 5.23. The largest absolute Gasteiger partial charge is 0.326 e. The number of aldehydes is 1. The van der Waals surface area contributed by atoms with Crippen LogP contribution in [0.3, 0.4) is 0 Å². The summed E-state index contributed by atoms with van der Waals surface area (Å²) in [6.07, 6.45) is 2.24. The van der Waals surface area contributed by atoms with Gasteiger partial charge < -0.3 is 10.1 Å². The Morgan fingerprint density at radius 1 is 1.24 bits per heavy atom. The molecule has 2 aliphatic rings. The molecular formula is C14H16N2O4S. The van der Waals surface area contributed by atoms with E-state index in [0.29, 0.717) is 37.2 Å². The predicted molar refractivity (Wildman–Crippen MR) is 76.3 cm³/mol. The second-order valence-electron chi connectivity index (χ2n) is 5.42. The molecule has 1 amide bonds. The first-order valence-electron chi connectivity index (χ1n) is 6.89. The Morgan fingerprint density at radius 2 is 1.95 bits per heavy atom. The monoisotopic (exact) mass is 308 g/mol. The van der Waals surface area contributed by atoms with Gasteiger partial charge >= 0.3 is 0 Å². The zero-order chi connectivity index (χ0) is 15.0. The Balaban J connectivity index is 1.84. The molecular weight excluding hydrogens is 292 g/mol. The lowest BCUT2D eigenvalue weighted by Crippen LogP contribution is -2.38. The summed E-state index contributed by atoms with van der Waals surface area (Å²) in [6, 6.07) is 4.71. The number of hydrogen-bond acceptors (Lipinski definition) is 4. The fraction of sp³-hybridized carbons (Fsp3) is 0.429.